The van der Waals surface area contributed by atoms with Crippen LogP contribution in [0.5, 0.6) is 0 Å². The van der Waals surface area contributed by atoms with Crippen LogP contribution in [0.2, 0.25) is 0 Å². The molecule has 1 aliphatic rings. The molecule has 24 heavy (non-hydrogen) atoms. The number of likely N-dealkylation sites (tertiary alicyclic amines) is 1. The highest BCUT2D eigenvalue weighted by Gasteiger charge is 2.19. The quantitative estimate of drug-likeness (QED) is 0.888. The normalized spacial score (nSPS) is 17.0. The molecule has 0 aliphatic carbocycles. The highest BCUT2D eigenvalue weighted by Crippen LogP contribution is 2.14. The van der Waals surface area contributed by atoms with Gasteiger partial charge in [-0.1, -0.05) is 12.1 Å². The first-order valence-corrected chi connectivity index (χ1v) is 8.76. The molecule has 1 aromatic heterocycles. The van der Waals surface area contributed by atoms with Crippen LogP contribution in [0.3, 0.4) is 0 Å². The van der Waals surface area contributed by atoms with Crippen LogP contribution in [-0.4, -0.2) is 39.7 Å². The van der Waals surface area contributed by atoms with Crippen molar-refractivity contribution in [2.75, 3.05) is 13.1 Å². The summed E-state index contributed by atoms with van der Waals surface area (Å²) in [5.41, 5.74) is 1.98. The molecular weight excluding hydrogens is 300 g/mol. The maximum Gasteiger partial charge on any atom is 0.253 e. The second kappa shape index (κ2) is 7.62. The van der Waals surface area contributed by atoms with Gasteiger partial charge in [-0.25, -0.2) is 0 Å². The lowest BCUT2D eigenvalue weighted by molar-refractivity contribution is 0.0793. The number of carbonyl (C=O) groups is 1. The van der Waals surface area contributed by atoms with Crippen molar-refractivity contribution in [3.8, 4) is 0 Å². The van der Waals surface area contributed by atoms with Gasteiger partial charge in [0.05, 0.1) is 6.04 Å². The Bertz CT molecular complexity index is 645. The Morgan fingerprint density at radius 1 is 1.21 bits per heavy atom. The molecule has 2 aromatic rings. The van der Waals surface area contributed by atoms with E-state index in [1.807, 2.05) is 46.1 Å². The zero-order valence-corrected chi connectivity index (χ0v) is 14.5. The molecule has 1 aliphatic heterocycles. The fourth-order valence-electron chi connectivity index (χ4n) is 3.07. The lowest BCUT2D eigenvalue weighted by Gasteiger charge is -2.22. The number of hydrogen-bond acceptors (Lipinski definition) is 3. The Labute approximate surface area is 143 Å². The molecule has 5 nitrogen and oxygen atoms in total. The summed E-state index contributed by atoms with van der Waals surface area (Å²) in [6, 6.07) is 10.5. The van der Waals surface area contributed by atoms with Gasteiger partial charge in [-0.15, -0.1) is 0 Å². The monoisotopic (exact) mass is 326 g/mol. The van der Waals surface area contributed by atoms with Crippen molar-refractivity contribution >= 4 is 5.91 Å². The maximum absolute atomic E-state index is 12.3. The Balaban J connectivity index is 1.53. The molecule has 1 aromatic carbocycles. The van der Waals surface area contributed by atoms with Crippen molar-refractivity contribution in [2.45, 2.75) is 45.3 Å². The second-order valence-electron chi connectivity index (χ2n) is 6.59. The number of carbonyl (C=O) groups excluding carboxylic acids is 1. The summed E-state index contributed by atoms with van der Waals surface area (Å²) in [4.78, 5) is 14.3. The molecule has 0 bridgehead atoms. The molecule has 1 saturated heterocycles. The Kier molecular flexibility index (Phi) is 5.30. The van der Waals surface area contributed by atoms with Crippen LogP contribution >= 0.6 is 0 Å². The van der Waals surface area contributed by atoms with Crippen LogP contribution < -0.4 is 5.32 Å². The van der Waals surface area contributed by atoms with Crippen molar-refractivity contribution in [3.63, 3.8) is 0 Å². The van der Waals surface area contributed by atoms with Crippen molar-refractivity contribution < 1.29 is 4.79 Å². The molecule has 1 fully saturated rings. The standard InChI is InChI=1S/C19H26N4O/c1-15(16(2)23-13-5-10-21-23)20-14-17-6-8-18(9-7-17)19(24)22-11-3-4-12-22/h5-10,13,15-16,20H,3-4,11-12,14H2,1-2H3/t15-,16+/m0/s1. The largest absolute Gasteiger partial charge is 0.339 e. The topological polar surface area (TPSA) is 50.2 Å². The number of rotatable bonds is 6. The van der Waals surface area contributed by atoms with E-state index < -0.39 is 0 Å². The minimum absolute atomic E-state index is 0.160. The molecule has 1 N–H and O–H groups in total. The van der Waals surface area contributed by atoms with E-state index in [-0.39, 0.29) is 11.9 Å². The molecule has 2 atom stereocenters. The first kappa shape index (κ1) is 16.7. The number of benzene rings is 1. The van der Waals surface area contributed by atoms with Gasteiger partial charge in [-0.3, -0.25) is 9.48 Å². The molecular formula is C19H26N4O. The van der Waals surface area contributed by atoms with Crippen molar-refractivity contribution in [1.29, 1.82) is 0 Å². The zero-order chi connectivity index (χ0) is 16.9. The summed E-state index contributed by atoms with van der Waals surface area (Å²) in [6.07, 6.45) is 6.04. The number of nitrogens with one attached hydrogen (secondary N) is 1. The van der Waals surface area contributed by atoms with E-state index >= 15 is 0 Å². The summed E-state index contributed by atoms with van der Waals surface area (Å²) in [7, 11) is 0. The van der Waals surface area contributed by atoms with Gasteiger partial charge in [0.2, 0.25) is 0 Å². The molecule has 1 amide bonds. The SMILES string of the molecule is C[C@H](NCc1ccc(C(=O)N2CCCC2)cc1)[C@@H](C)n1cccn1. The predicted molar refractivity (Wildman–Crippen MR) is 94.8 cm³/mol. The van der Waals surface area contributed by atoms with Crippen LogP contribution in [0.15, 0.2) is 42.7 Å². The Morgan fingerprint density at radius 2 is 1.92 bits per heavy atom. The summed E-state index contributed by atoms with van der Waals surface area (Å²) in [6.45, 7) is 6.89. The lowest BCUT2D eigenvalue weighted by Crippen LogP contribution is -2.33. The third-order valence-electron chi connectivity index (χ3n) is 4.89. The lowest BCUT2D eigenvalue weighted by atomic mass is 10.1. The van der Waals surface area contributed by atoms with Gasteiger partial charge in [0.15, 0.2) is 0 Å². The van der Waals surface area contributed by atoms with Crippen LogP contribution in [0.1, 0.15) is 48.7 Å². The number of hydrogen-bond donors (Lipinski definition) is 1. The average molecular weight is 326 g/mol. The minimum Gasteiger partial charge on any atom is -0.339 e. The molecule has 128 valence electrons. The number of nitrogens with zero attached hydrogens (tertiary/aromatic N) is 3. The van der Waals surface area contributed by atoms with E-state index in [2.05, 4.69) is 24.3 Å². The van der Waals surface area contributed by atoms with Crippen LogP contribution in [0.25, 0.3) is 0 Å². The first-order valence-electron chi connectivity index (χ1n) is 8.76. The highest BCUT2D eigenvalue weighted by atomic mass is 16.2. The third kappa shape index (κ3) is 3.85. The second-order valence-corrected chi connectivity index (χ2v) is 6.59. The fourth-order valence-corrected chi connectivity index (χ4v) is 3.07. The molecule has 0 spiro atoms. The summed E-state index contributed by atoms with van der Waals surface area (Å²) in [5, 5.41) is 7.83. The average Bonchev–Trinajstić information content (AvgIpc) is 3.32. The minimum atomic E-state index is 0.160. The predicted octanol–water partition coefficient (Wildman–Crippen LogP) is 2.86. The fraction of sp³-hybridized carbons (Fsp3) is 0.474. The number of amides is 1. The smallest absolute Gasteiger partial charge is 0.253 e. The zero-order valence-electron chi connectivity index (χ0n) is 14.5. The number of aromatic nitrogens is 2. The van der Waals surface area contributed by atoms with Gasteiger partial charge in [0.25, 0.3) is 5.91 Å². The highest BCUT2D eigenvalue weighted by molar-refractivity contribution is 5.94. The van der Waals surface area contributed by atoms with Gasteiger partial charge >= 0.3 is 0 Å². The van der Waals surface area contributed by atoms with E-state index in [1.165, 1.54) is 5.56 Å². The van der Waals surface area contributed by atoms with Gasteiger partial charge in [0, 0.05) is 43.6 Å². The molecule has 3 rings (SSSR count). The van der Waals surface area contributed by atoms with Crippen molar-refractivity contribution in [2.24, 2.45) is 0 Å². The Hall–Kier alpha value is -2.14. The van der Waals surface area contributed by atoms with Gasteiger partial charge < -0.3 is 10.2 Å². The molecule has 5 heteroatoms. The van der Waals surface area contributed by atoms with E-state index in [1.54, 1.807) is 6.20 Å². The maximum atomic E-state index is 12.3. The molecule has 2 heterocycles. The molecule has 0 radical (unpaired) electrons. The van der Waals surface area contributed by atoms with E-state index in [0.717, 1.165) is 38.0 Å². The van der Waals surface area contributed by atoms with Gasteiger partial charge in [0.1, 0.15) is 0 Å². The van der Waals surface area contributed by atoms with E-state index in [4.69, 9.17) is 0 Å². The van der Waals surface area contributed by atoms with Gasteiger partial charge in [-0.05, 0) is 50.5 Å². The molecule has 0 unspecified atom stereocenters. The van der Waals surface area contributed by atoms with E-state index in [9.17, 15) is 4.79 Å². The molecule has 0 saturated carbocycles. The summed E-state index contributed by atoms with van der Waals surface area (Å²) < 4.78 is 1.97. The first-order chi connectivity index (χ1) is 11.6. The summed E-state index contributed by atoms with van der Waals surface area (Å²) >= 11 is 0. The third-order valence-corrected chi connectivity index (χ3v) is 4.89. The van der Waals surface area contributed by atoms with Crippen molar-refractivity contribution in [3.05, 3.63) is 53.9 Å². The van der Waals surface area contributed by atoms with Crippen LogP contribution in [-0.2, 0) is 6.54 Å². The van der Waals surface area contributed by atoms with Crippen molar-refractivity contribution in [1.82, 2.24) is 20.0 Å². The van der Waals surface area contributed by atoms with E-state index in [0.29, 0.717) is 6.04 Å². The summed E-state index contributed by atoms with van der Waals surface area (Å²) in [5.74, 6) is 0.160. The van der Waals surface area contributed by atoms with Crippen LogP contribution in [0, 0.1) is 0 Å². The Morgan fingerprint density at radius 3 is 2.54 bits per heavy atom. The van der Waals surface area contributed by atoms with Crippen LogP contribution in [0.4, 0.5) is 0 Å². The van der Waals surface area contributed by atoms with Gasteiger partial charge in [-0.2, -0.15) is 5.10 Å².